The average Bonchev–Trinajstić information content (AvgIpc) is 2.69. The topological polar surface area (TPSA) is 52.7 Å². The summed E-state index contributed by atoms with van der Waals surface area (Å²) >= 11 is 18.1. The monoisotopic (exact) mass is 457 g/mol. The van der Waals surface area contributed by atoms with E-state index in [4.69, 9.17) is 34.8 Å². The lowest BCUT2D eigenvalue weighted by atomic mass is 10.1. The third kappa shape index (κ3) is 5.60. The molecule has 1 N–H and O–H groups in total. The highest BCUT2D eigenvalue weighted by Crippen LogP contribution is 2.29. The smallest absolute Gasteiger partial charge is 0.255 e. The Kier molecular flexibility index (Phi) is 7.35. The first kappa shape index (κ1) is 21.8. The normalized spacial score (nSPS) is 14.7. The molecule has 0 unspecified atom stereocenters. The number of para-hydroxylation sites is 1. The Bertz CT molecular complexity index is 898. The summed E-state index contributed by atoms with van der Waals surface area (Å²) in [5.41, 5.74) is 0.699. The second-order valence-corrected chi connectivity index (χ2v) is 7.87. The van der Waals surface area contributed by atoms with E-state index >= 15 is 0 Å². The Morgan fingerprint density at radius 3 is 2.24 bits per heavy atom. The van der Waals surface area contributed by atoms with Crippen LogP contribution in [0.25, 0.3) is 0 Å². The second-order valence-electron chi connectivity index (χ2n) is 6.65. The van der Waals surface area contributed by atoms with Gasteiger partial charge in [-0.2, -0.15) is 0 Å². The number of carbonyl (C=O) groups excluding carboxylic acids is 2. The maximum absolute atomic E-state index is 13.2. The Balaban J connectivity index is 1.47. The van der Waals surface area contributed by atoms with Crippen LogP contribution in [0.2, 0.25) is 15.1 Å². The summed E-state index contributed by atoms with van der Waals surface area (Å²) in [6, 6.07) is 8.78. The van der Waals surface area contributed by atoms with Gasteiger partial charge < -0.3 is 10.2 Å². The molecule has 0 aliphatic carbocycles. The first-order chi connectivity index (χ1) is 13.8. The predicted octanol–water partition coefficient (Wildman–Crippen LogP) is 4.57. The molecule has 0 aromatic heterocycles. The Morgan fingerprint density at radius 2 is 1.62 bits per heavy atom. The molecule has 5 nitrogen and oxygen atoms in total. The molecule has 2 aromatic carbocycles. The summed E-state index contributed by atoms with van der Waals surface area (Å²) in [6.07, 6.45) is 0.277. The van der Waals surface area contributed by atoms with Gasteiger partial charge in [-0.25, -0.2) is 4.39 Å². The number of amides is 2. The van der Waals surface area contributed by atoms with Gasteiger partial charge in [0, 0.05) is 39.1 Å². The van der Waals surface area contributed by atoms with Crippen molar-refractivity contribution in [3.05, 3.63) is 62.8 Å². The fourth-order valence-corrected chi connectivity index (χ4v) is 3.83. The fraction of sp³-hybridized carbons (Fsp3) is 0.300. The van der Waals surface area contributed by atoms with Gasteiger partial charge in [-0.3, -0.25) is 14.5 Å². The molecule has 0 spiro atoms. The van der Waals surface area contributed by atoms with Crippen molar-refractivity contribution in [1.29, 1.82) is 0 Å². The van der Waals surface area contributed by atoms with Crippen LogP contribution in [-0.2, 0) is 4.79 Å². The molecule has 3 rings (SSSR count). The maximum Gasteiger partial charge on any atom is 0.255 e. The Morgan fingerprint density at radius 1 is 0.966 bits per heavy atom. The maximum atomic E-state index is 13.2. The molecule has 154 valence electrons. The molecule has 1 fully saturated rings. The summed E-state index contributed by atoms with van der Waals surface area (Å²) in [5, 5.41) is 3.62. The quantitative estimate of drug-likeness (QED) is 0.714. The average molecular weight is 459 g/mol. The molecule has 2 amide bonds. The van der Waals surface area contributed by atoms with Crippen molar-refractivity contribution in [2.45, 2.75) is 6.42 Å². The number of carbonyl (C=O) groups is 2. The molecular formula is C20H19Cl3FN3O2. The van der Waals surface area contributed by atoms with Crippen molar-refractivity contribution in [2.75, 3.05) is 38.0 Å². The lowest BCUT2D eigenvalue weighted by Crippen LogP contribution is -2.49. The van der Waals surface area contributed by atoms with Gasteiger partial charge in [0.2, 0.25) is 5.91 Å². The van der Waals surface area contributed by atoms with Gasteiger partial charge in [-0.05, 0) is 30.3 Å². The van der Waals surface area contributed by atoms with Crippen molar-refractivity contribution in [1.82, 2.24) is 9.80 Å². The minimum absolute atomic E-state index is 0.104. The number of halogens is 4. The van der Waals surface area contributed by atoms with Crippen LogP contribution < -0.4 is 5.32 Å². The first-order valence-electron chi connectivity index (χ1n) is 9.05. The van der Waals surface area contributed by atoms with Crippen molar-refractivity contribution < 1.29 is 14.0 Å². The van der Waals surface area contributed by atoms with Crippen LogP contribution >= 0.6 is 34.8 Å². The van der Waals surface area contributed by atoms with E-state index in [1.54, 1.807) is 23.1 Å². The van der Waals surface area contributed by atoms with E-state index in [1.807, 2.05) is 0 Å². The molecule has 0 radical (unpaired) electrons. The molecule has 29 heavy (non-hydrogen) atoms. The minimum Gasteiger partial charge on any atom is -0.336 e. The van der Waals surface area contributed by atoms with Gasteiger partial charge in [-0.1, -0.05) is 40.9 Å². The minimum atomic E-state index is -0.479. The molecule has 0 bridgehead atoms. The fourth-order valence-electron chi connectivity index (χ4n) is 3.09. The van der Waals surface area contributed by atoms with Crippen LogP contribution in [-0.4, -0.2) is 54.3 Å². The van der Waals surface area contributed by atoms with E-state index in [0.717, 1.165) is 6.07 Å². The van der Waals surface area contributed by atoms with Crippen LogP contribution in [0.4, 0.5) is 10.1 Å². The summed E-state index contributed by atoms with van der Waals surface area (Å²) in [5.74, 6) is -0.884. The van der Waals surface area contributed by atoms with E-state index in [2.05, 4.69) is 10.2 Å². The van der Waals surface area contributed by atoms with Crippen LogP contribution in [0.5, 0.6) is 0 Å². The van der Waals surface area contributed by atoms with E-state index in [1.165, 1.54) is 12.1 Å². The third-order valence-electron chi connectivity index (χ3n) is 4.70. The van der Waals surface area contributed by atoms with Crippen LogP contribution in [0, 0.1) is 5.82 Å². The highest BCUT2D eigenvalue weighted by atomic mass is 35.5. The highest BCUT2D eigenvalue weighted by molar-refractivity contribution is 6.39. The Hall–Kier alpha value is -1.86. The molecule has 1 aliphatic heterocycles. The number of hydrogen-bond acceptors (Lipinski definition) is 3. The van der Waals surface area contributed by atoms with Crippen LogP contribution in [0.1, 0.15) is 16.8 Å². The number of nitrogens with zero attached hydrogens (tertiary/aromatic N) is 2. The van der Waals surface area contributed by atoms with Gasteiger partial charge in [0.1, 0.15) is 5.82 Å². The van der Waals surface area contributed by atoms with Gasteiger partial charge in [0.25, 0.3) is 5.91 Å². The van der Waals surface area contributed by atoms with Crippen molar-refractivity contribution in [3.63, 3.8) is 0 Å². The van der Waals surface area contributed by atoms with Crippen LogP contribution in [0.15, 0.2) is 36.4 Å². The molecule has 1 heterocycles. The highest BCUT2D eigenvalue weighted by Gasteiger charge is 2.24. The largest absolute Gasteiger partial charge is 0.336 e. The van der Waals surface area contributed by atoms with E-state index < -0.39 is 5.82 Å². The molecule has 2 aromatic rings. The van der Waals surface area contributed by atoms with Crippen molar-refractivity contribution in [3.8, 4) is 0 Å². The first-order valence-corrected chi connectivity index (χ1v) is 10.2. The van der Waals surface area contributed by atoms with Crippen molar-refractivity contribution >= 4 is 52.3 Å². The predicted molar refractivity (Wildman–Crippen MR) is 113 cm³/mol. The number of nitrogens with one attached hydrogen (secondary N) is 1. The molecule has 0 saturated carbocycles. The number of benzene rings is 2. The summed E-state index contributed by atoms with van der Waals surface area (Å²) < 4.78 is 13.2. The van der Waals surface area contributed by atoms with E-state index in [9.17, 15) is 14.0 Å². The van der Waals surface area contributed by atoms with E-state index in [0.29, 0.717) is 48.5 Å². The number of rotatable bonds is 5. The zero-order valence-electron chi connectivity index (χ0n) is 15.4. The molecular weight excluding hydrogens is 440 g/mol. The van der Waals surface area contributed by atoms with Crippen LogP contribution in [0.3, 0.4) is 0 Å². The molecule has 1 aliphatic rings. The second kappa shape index (κ2) is 9.76. The summed E-state index contributed by atoms with van der Waals surface area (Å²) in [7, 11) is 0. The van der Waals surface area contributed by atoms with Crippen molar-refractivity contribution in [2.24, 2.45) is 0 Å². The van der Waals surface area contributed by atoms with Gasteiger partial charge in [-0.15, -0.1) is 0 Å². The van der Waals surface area contributed by atoms with Gasteiger partial charge in [0.05, 0.1) is 26.3 Å². The summed E-state index contributed by atoms with van der Waals surface area (Å²) in [6.45, 7) is 2.82. The lowest BCUT2D eigenvalue weighted by molar-refractivity contribution is -0.116. The number of anilines is 1. The number of hydrogen-bond donors (Lipinski definition) is 1. The lowest BCUT2D eigenvalue weighted by Gasteiger charge is -2.34. The third-order valence-corrected chi connectivity index (χ3v) is 5.65. The molecule has 9 heteroatoms. The summed E-state index contributed by atoms with van der Waals surface area (Å²) in [4.78, 5) is 28.6. The number of piperazine rings is 1. The standard InChI is InChI=1S/C20H19Cl3FN3O2/c21-15-2-1-3-16(22)19(15)25-18(28)6-7-26-8-10-27(11-9-26)20(29)14-5-4-13(24)12-17(14)23/h1-5,12H,6-11H2,(H,25,28). The molecule has 0 atom stereocenters. The SMILES string of the molecule is O=C(CCN1CCN(C(=O)c2ccc(F)cc2Cl)CC1)Nc1c(Cl)cccc1Cl. The van der Waals surface area contributed by atoms with Gasteiger partial charge in [0.15, 0.2) is 0 Å². The zero-order chi connectivity index (χ0) is 21.0. The molecule has 1 saturated heterocycles. The zero-order valence-corrected chi connectivity index (χ0v) is 17.7. The van der Waals surface area contributed by atoms with Gasteiger partial charge >= 0.3 is 0 Å². The Labute approximate surface area is 183 Å². The van der Waals surface area contributed by atoms with E-state index in [-0.39, 0.29) is 28.8 Å².